The molecule has 202 valence electrons. The van der Waals surface area contributed by atoms with Crippen molar-refractivity contribution in [1.82, 2.24) is 29.9 Å². The molecule has 1 aromatic carbocycles. The Morgan fingerprint density at radius 3 is 2.74 bits per heavy atom. The maximum absolute atomic E-state index is 11.5. The number of anilines is 4. The largest absolute Gasteiger partial charge is 0.383 e. The third-order valence-corrected chi connectivity index (χ3v) is 7.49. The predicted molar refractivity (Wildman–Crippen MR) is 148 cm³/mol. The van der Waals surface area contributed by atoms with Gasteiger partial charge in [0.25, 0.3) is 0 Å². The molecule has 0 saturated carbocycles. The fraction of sp³-hybridized carbons (Fsp3) is 0.417. The van der Waals surface area contributed by atoms with Gasteiger partial charge in [-0.1, -0.05) is 17.7 Å². The lowest BCUT2D eigenvalue weighted by atomic mass is 10.1. The van der Waals surface area contributed by atoms with Crippen LogP contribution in [0.3, 0.4) is 0 Å². The molecule has 5 rings (SSSR count). The molecule has 14 heteroatoms. The van der Waals surface area contributed by atoms with Crippen molar-refractivity contribution in [1.29, 1.82) is 0 Å². The van der Waals surface area contributed by atoms with Gasteiger partial charge >= 0.3 is 0 Å². The number of aromatic amines is 1. The predicted octanol–water partition coefficient (Wildman–Crippen LogP) is 3.67. The van der Waals surface area contributed by atoms with Crippen molar-refractivity contribution in [3.05, 3.63) is 46.7 Å². The number of benzene rings is 1. The highest BCUT2D eigenvalue weighted by Crippen LogP contribution is 2.30. The van der Waals surface area contributed by atoms with Crippen molar-refractivity contribution in [2.24, 2.45) is 0 Å². The van der Waals surface area contributed by atoms with Gasteiger partial charge in [-0.25, -0.2) is 13.1 Å². The van der Waals surface area contributed by atoms with E-state index in [9.17, 15) is 8.42 Å². The van der Waals surface area contributed by atoms with E-state index < -0.39 is 9.84 Å². The Hall–Kier alpha value is -3.42. The number of nitrogens with zero attached hydrogens (tertiary/aromatic N) is 5. The van der Waals surface area contributed by atoms with Crippen LogP contribution in [-0.4, -0.2) is 70.1 Å². The molecule has 4 aromatic rings. The number of halogens is 1. The second-order valence-corrected chi connectivity index (χ2v) is 12.0. The molecule has 1 fully saturated rings. The molecule has 0 radical (unpaired) electrons. The van der Waals surface area contributed by atoms with Crippen molar-refractivity contribution in [2.75, 3.05) is 47.7 Å². The SMILES string of the molecule is Cc1cc(Nc2nc(NCc3ccc(Cl)c(NCCS(C)(=O)=O)c3)nc3c2cnn3C2CCOCC2)n[nH]1. The van der Waals surface area contributed by atoms with Gasteiger partial charge in [0.1, 0.15) is 15.7 Å². The van der Waals surface area contributed by atoms with E-state index in [4.69, 9.17) is 26.3 Å². The van der Waals surface area contributed by atoms with Gasteiger partial charge in [0, 0.05) is 44.3 Å². The van der Waals surface area contributed by atoms with Gasteiger partial charge < -0.3 is 20.7 Å². The number of hydrogen-bond donors (Lipinski definition) is 4. The van der Waals surface area contributed by atoms with E-state index in [-0.39, 0.29) is 18.3 Å². The maximum Gasteiger partial charge on any atom is 0.227 e. The summed E-state index contributed by atoms with van der Waals surface area (Å²) in [6, 6.07) is 7.65. The summed E-state index contributed by atoms with van der Waals surface area (Å²) in [5, 5.41) is 22.9. The van der Waals surface area contributed by atoms with Gasteiger partial charge in [0.15, 0.2) is 11.5 Å². The summed E-state index contributed by atoms with van der Waals surface area (Å²) in [5.74, 6) is 1.70. The molecule has 0 amide bonds. The smallest absolute Gasteiger partial charge is 0.227 e. The van der Waals surface area contributed by atoms with Crippen molar-refractivity contribution in [3.63, 3.8) is 0 Å². The fourth-order valence-electron chi connectivity index (χ4n) is 4.27. The summed E-state index contributed by atoms with van der Waals surface area (Å²) in [6.07, 6.45) is 4.72. The number of aryl methyl sites for hydroxylation is 1. The monoisotopic (exact) mass is 559 g/mol. The average molecular weight is 560 g/mol. The molecular weight excluding hydrogens is 530 g/mol. The third kappa shape index (κ3) is 6.34. The van der Waals surface area contributed by atoms with E-state index in [0.717, 1.165) is 35.1 Å². The van der Waals surface area contributed by atoms with Crippen LogP contribution in [0.4, 0.5) is 23.3 Å². The van der Waals surface area contributed by atoms with Crippen LogP contribution in [0.2, 0.25) is 5.02 Å². The molecule has 4 N–H and O–H groups in total. The lowest BCUT2D eigenvalue weighted by Gasteiger charge is -2.22. The minimum atomic E-state index is -3.07. The molecule has 0 unspecified atom stereocenters. The first kappa shape index (κ1) is 26.2. The number of rotatable bonds is 10. The van der Waals surface area contributed by atoms with Crippen LogP contribution in [0.1, 0.15) is 30.1 Å². The molecule has 1 saturated heterocycles. The van der Waals surface area contributed by atoms with Crippen LogP contribution < -0.4 is 16.0 Å². The number of hydrogen-bond acceptors (Lipinski definition) is 10. The van der Waals surface area contributed by atoms with Gasteiger partial charge in [-0.15, -0.1) is 0 Å². The Bertz CT molecular complexity index is 1530. The van der Waals surface area contributed by atoms with Crippen molar-refractivity contribution >= 4 is 55.7 Å². The Balaban J connectivity index is 1.40. The van der Waals surface area contributed by atoms with E-state index in [1.54, 1.807) is 12.3 Å². The maximum atomic E-state index is 11.5. The molecule has 0 atom stereocenters. The number of aromatic nitrogens is 6. The third-order valence-electron chi connectivity index (χ3n) is 6.21. The average Bonchev–Trinajstić information content (AvgIpc) is 3.50. The van der Waals surface area contributed by atoms with E-state index in [1.807, 2.05) is 29.8 Å². The molecule has 3 aromatic heterocycles. The van der Waals surface area contributed by atoms with Crippen molar-refractivity contribution in [3.8, 4) is 0 Å². The van der Waals surface area contributed by atoms with E-state index in [1.165, 1.54) is 6.26 Å². The van der Waals surface area contributed by atoms with Crippen LogP contribution in [-0.2, 0) is 21.1 Å². The molecule has 0 aliphatic carbocycles. The first-order valence-corrected chi connectivity index (χ1v) is 14.7. The first-order chi connectivity index (χ1) is 18.2. The molecule has 0 spiro atoms. The highest BCUT2D eigenvalue weighted by atomic mass is 35.5. The van der Waals surface area contributed by atoms with Gasteiger partial charge in [-0.3, -0.25) is 5.10 Å². The second kappa shape index (κ2) is 11.1. The quantitative estimate of drug-likeness (QED) is 0.226. The zero-order chi connectivity index (χ0) is 26.7. The number of ether oxygens (including phenoxy) is 1. The van der Waals surface area contributed by atoms with E-state index in [2.05, 4.69) is 31.2 Å². The molecule has 4 heterocycles. The van der Waals surface area contributed by atoms with Crippen molar-refractivity contribution in [2.45, 2.75) is 32.4 Å². The lowest BCUT2D eigenvalue weighted by Crippen LogP contribution is -2.21. The Kier molecular flexibility index (Phi) is 7.68. The summed E-state index contributed by atoms with van der Waals surface area (Å²) in [6.45, 7) is 4.01. The highest BCUT2D eigenvalue weighted by molar-refractivity contribution is 7.90. The standard InChI is InChI=1S/C24H30ClN9O3S/c1-15-11-21(33-32-15)29-22-18-14-28-34(17-5-8-37-9-6-17)23(18)31-24(30-22)27-13-16-3-4-19(25)20(12-16)26-7-10-38(2,35)36/h3-4,11-12,14,17,26H,5-10,13H2,1-2H3,(H3,27,29,30,31,32,33). The summed E-state index contributed by atoms with van der Waals surface area (Å²) in [5.41, 5.74) is 3.25. The van der Waals surface area contributed by atoms with Crippen LogP contribution in [0.25, 0.3) is 11.0 Å². The number of sulfone groups is 1. The normalized spacial score (nSPS) is 14.6. The zero-order valence-corrected chi connectivity index (χ0v) is 22.7. The second-order valence-electron chi connectivity index (χ2n) is 9.35. The number of nitrogens with one attached hydrogen (secondary N) is 4. The molecule has 1 aliphatic rings. The molecule has 12 nitrogen and oxygen atoms in total. The summed E-state index contributed by atoms with van der Waals surface area (Å²) < 4.78 is 30.4. The summed E-state index contributed by atoms with van der Waals surface area (Å²) in [7, 11) is -3.07. The van der Waals surface area contributed by atoms with Gasteiger partial charge in [0.05, 0.1) is 34.1 Å². The Morgan fingerprint density at radius 1 is 1.18 bits per heavy atom. The molecule has 1 aliphatic heterocycles. The first-order valence-electron chi connectivity index (χ1n) is 12.3. The molecule has 38 heavy (non-hydrogen) atoms. The topological polar surface area (TPSA) is 152 Å². The highest BCUT2D eigenvalue weighted by Gasteiger charge is 2.22. The van der Waals surface area contributed by atoms with Crippen LogP contribution in [0.5, 0.6) is 0 Å². The Labute approximate surface area is 225 Å². The molecular formula is C24H30ClN9O3S. The fourth-order valence-corrected chi connectivity index (χ4v) is 4.93. The molecule has 0 bridgehead atoms. The zero-order valence-electron chi connectivity index (χ0n) is 21.2. The Morgan fingerprint density at radius 2 is 2.00 bits per heavy atom. The van der Waals surface area contributed by atoms with Crippen LogP contribution in [0, 0.1) is 6.92 Å². The lowest BCUT2D eigenvalue weighted by molar-refractivity contribution is 0.0673. The van der Waals surface area contributed by atoms with Gasteiger partial charge in [-0.05, 0) is 37.5 Å². The minimum absolute atomic E-state index is 0.0196. The summed E-state index contributed by atoms with van der Waals surface area (Å²) in [4.78, 5) is 9.53. The number of fused-ring (bicyclic) bond motifs is 1. The van der Waals surface area contributed by atoms with Gasteiger partial charge in [-0.2, -0.15) is 20.2 Å². The van der Waals surface area contributed by atoms with Crippen LogP contribution in [0.15, 0.2) is 30.5 Å². The van der Waals surface area contributed by atoms with E-state index >= 15 is 0 Å². The van der Waals surface area contributed by atoms with Crippen molar-refractivity contribution < 1.29 is 13.2 Å². The minimum Gasteiger partial charge on any atom is -0.383 e. The van der Waals surface area contributed by atoms with E-state index in [0.29, 0.717) is 48.1 Å². The van der Waals surface area contributed by atoms with Gasteiger partial charge in [0.2, 0.25) is 5.95 Å². The number of H-pyrrole nitrogens is 1. The van der Waals surface area contributed by atoms with Crippen LogP contribution >= 0.6 is 11.6 Å². The summed E-state index contributed by atoms with van der Waals surface area (Å²) >= 11 is 6.31.